The summed E-state index contributed by atoms with van der Waals surface area (Å²) in [6.45, 7) is -0.688. The van der Waals surface area contributed by atoms with E-state index < -0.39 is 30.1 Å². The van der Waals surface area contributed by atoms with Gasteiger partial charge in [0.2, 0.25) is 5.76 Å². The molecule has 2 aromatic carbocycles. The molecule has 0 radical (unpaired) electrons. The Morgan fingerprint density at radius 3 is 2.72 bits per heavy atom. The third-order valence-corrected chi connectivity index (χ3v) is 3.45. The van der Waals surface area contributed by atoms with Gasteiger partial charge in [0.15, 0.2) is 6.61 Å². The van der Waals surface area contributed by atoms with Gasteiger partial charge >= 0.3 is 5.97 Å². The zero-order valence-electron chi connectivity index (χ0n) is 12.5. The van der Waals surface area contributed by atoms with Gasteiger partial charge in [-0.3, -0.25) is 4.79 Å². The summed E-state index contributed by atoms with van der Waals surface area (Å²) in [5.41, 5.74) is 0.0852. The van der Waals surface area contributed by atoms with E-state index in [1.807, 2.05) is 0 Å². The Morgan fingerprint density at radius 2 is 1.92 bits per heavy atom. The minimum atomic E-state index is -0.873. The van der Waals surface area contributed by atoms with Gasteiger partial charge in [0, 0.05) is 16.5 Å². The van der Waals surface area contributed by atoms with Gasteiger partial charge in [-0.05, 0) is 36.4 Å². The van der Waals surface area contributed by atoms with Gasteiger partial charge in [-0.1, -0.05) is 11.6 Å². The molecule has 128 valence electrons. The lowest BCUT2D eigenvalue weighted by atomic mass is 10.2. The second-order valence-electron chi connectivity index (χ2n) is 5.04. The van der Waals surface area contributed by atoms with Crippen LogP contribution in [0.2, 0.25) is 5.02 Å². The Balaban J connectivity index is 1.62. The number of hydrogen-bond donors (Lipinski definition) is 1. The fraction of sp³-hybridized carbons (Fsp3) is 0.0588. The molecule has 25 heavy (non-hydrogen) atoms. The summed E-state index contributed by atoms with van der Waals surface area (Å²) in [5, 5.41) is 3.19. The maximum absolute atomic E-state index is 13.4. The molecule has 0 saturated carbocycles. The third-order valence-electron chi connectivity index (χ3n) is 3.22. The molecule has 0 bridgehead atoms. The van der Waals surface area contributed by atoms with E-state index in [1.165, 1.54) is 6.07 Å². The van der Waals surface area contributed by atoms with Gasteiger partial charge in [-0.2, -0.15) is 0 Å². The van der Waals surface area contributed by atoms with Crippen molar-refractivity contribution in [1.29, 1.82) is 0 Å². The number of carbonyl (C=O) groups excluding carboxylic acids is 2. The van der Waals surface area contributed by atoms with E-state index in [4.69, 9.17) is 20.8 Å². The summed E-state index contributed by atoms with van der Waals surface area (Å²) in [6.07, 6.45) is 0. The molecule has 0 unspecified atom stereocenters. The van der Waals surface area contributed by atoms with Crippen LogP contribution in [-0.2, 0) is 9.53 Å². The van der Waals surface area contributed by atoms with Gasteiger partial charge in [0.05, 0.1) is 5.69 Å². The topological polar surface area (TPSA) is 68.5 Å². The first-order valence-electron chi connectivity index (χ1n) is 7.03. The number of furan rings is 1. The molecule has 0 aliphatic rings. The Labute approximate surface area is 145 Å². The molecular weight excluding hydrogens is 356 g/mol. The molecule has 3 aromatic rings. The highest BCUT2D eigenvalue weighted by Crippen LogP contribution is 2.23. The van der Waals surface area contributed by atoms with E-state index >= 15 is 0 Å². The molecular formula is C17H10ClF2NO4. The molecule has 0 spiro atoms. The van der Waals surface area contributed by atoms with Gasteiger partial charge in [0.1, 0.15) is 17.2 Å². The van der Waals surface area contributed by atoms with E-state index in [0.29, 0.717) is 16.0 Å². The van der Waals surface area contributed by atoms with Crippen molar-refractivity contribution in [3.8, 4) is 0 Å². The van der Waals surface area contributed by atoms with E-state index in [-0.39, 0.29) is 11.4 Å². The van der Waals surface area contributed by atoms with Crippen molar-refractivity contribution in [2.24, 2.45) is 0 Å². The Bertz CT molecular complexity index is 970. The molecule has 1 amide bonds. The van der Waals surface area contributed by atoms with Crippen LogP contribution in [0.1, 0.15) is 10.6 Å². The summed E-state index contributed by atoms with van der Waals surface area (Å²) in [5.74, 6) is -3.33. The molecule has 1 heterocycles. The largest absolute Gasteiger partial charge is 0.450 e. The van der Waals surface area contributed by atoms with Crippen LogP contribution in [0.5, 0.6) is 0 Å². The van der Waals surface area contributed by atoms with Crippen molar-refractivity contribution >= 4 is 40.1 Å². The predicted octanol–water partition coefficient (Wildman–Crippen LogP) is 4.16. The fourth-order valence-electron chi connectivity index (χ4n) is 2.10. The number of nitrogens with one attached hydrogen (secondary N) is 1. The number of hydrogen-bond acceptors (Lipinski definition) is 4. The van der Waals surface area contributed by atoms with Gasteiger partial charge in [-0.25, -0.2) is 13.6 Å². The second kappa shape index (κ2) is 6.90. The smallest absolute Gasteiger partial charge is 0.374 e. The first-order valence-corrected chi connectivity index (χ1v) is 7.41. The van der Waals surface area contributed by atoms with Crippen LogP contribution in [-0.4, -0.2) is 18.5 Å². The number of esters is 1. The highest BCUT2D eigenvalue weighted by molar-refractivity contribution is 6.31. The molecule has 0 atom stereocenters. The summed E-state index contributed by atoms with van der Waals surface area (Å²) in [6, 6.07) is 8.83. The summed E-state index contributed by atoms with van der Waals surface area (Å²) in [7, 11) is 0. The van der Waals surface area contributed by atoms with Crippen molar-refractivity contribution in [2.45, 2.75) is 0 Å². The standard InChI is InChI=1S/C17H10ClF2NO4/c18-10-1-4-14-9(5-10)6-15(25-14)17(23)24-8-16(22)21-13-7-11(19)2-3-12(13)20/h1-7H,8H2,(H,21,22). The molecule has 8 heteroatoms. The Kier molecular flexibility index (Phi) is 4.67. The SMILES string of the molecule is O=C(COC(=O)c1cc2cc(Cl)ccc2o1)Nc1cc(F)ccc1F. The predicted molar refractivity (Wildman–Crippen MR) is 86.5 cm³/mol. The summed E-state index contributed by atoms with van der Waals surface area (Å²) >= 11 is 5.84. The molecule has 1 aromatic heterocycles. The van der Waals surface area contributed by atoms with Gasteiger partial charge < -0.3 is 14.5 Å². The number of ether oxygens (including phenoxy) is 1. The molecule has 0 aliphatic carbocycles. The lowest BCUT2D eigenvalue weighted by molar-refractivity contribution is -0.119. The van der Waals surface area contributed by atoms with Crippen LogP contribution >= 0.6 is 11.6 Å². The molecule has 5 nitrogen and oxygen atoms in total. The molecule has 0 fully saturated rings. The van der Waals surface area contributed by atoms with Crippen LogP contribution in [0.4, 0.5) is 14.5 Å². The van der Waals surface area contributed by atoms with Crippen molar-refractivity contribution in [1.82, 2.24) is 0 Å². The molecule has 0 aliphatic heterocycles. The maximum atomic E-state index is 13.4. The number of rotatable bonds is 4. The summed E-state index contributed by atoms with van der Waals surface area (Å²) < 4.78 is 36.6. The van der Waals surface area contributed by atoms with Crippen LogP contribution in [0.15, 0.2) is 46.9 Å². The van der Waals surface area contributed by atoms with Crippen LogP contribution in [0, 0.1) is 11.6 Å². The first-order chi connectivity index (χ1) is 11.9. The Morgan fingerprint density at radius 1 is 1.12 bits per heavy atom. The zero-order chi connectivity index (χ0) is 18.0. The Hall–Kier alpha value is -2.93. The van der Waals surface area contributed by atoms with Crippen molar-refractivity contribution in [3.63, 3.8) is 0 Å². The molecule has 0 saturated heterocycles. The van der Waals surface area contributed by atoms with Gasteiger partial charge in [-0.15, -0.1) is 0 Å². The zero-order valence-corrected chi connectivity index (χ0v) is 13.3. The van der Waals surface area contributed by atoms with Crippen LogP contribution in [0.3, 0.4) is 0 Å². The number of halogens is 3. The van der Waals surface area contributed by atoms with E-state index in [9.17, 15) is 18.4 Å². The van der Waals surface area contributed by atoms with Crippen molar-refractivity contribution in [3.05, 3.63) is 64.9 Å². The van der Waals surface area contributed by atoms with Crippen LogP contribution < -0.4 is 5.32 Å². The quantitative estimate of drug-likeness (QED) is 0.705. The highest BCUT2D eigenvalue weighted by Gasteiger charge is 2.16. The normalized spacial score (nSPS) is 10.7. The second-order valence-corrected chi connectivity index (χ2v) is 5.48. The van der Waals surface area contributed by atoms with E-state index in [2.05, 4.69) is 5.32 Å². The number of carbonyl (C=O) groups is 2. The first kappa shape index (κ1) is 16.9. The van der Waals surface area contributed by atoms with Crippen molar-refractivity contribution < 1.29 is 27.5 Å². The minimum Gasteiger partial charge on any atom is -0.450 e. The average molecular weight is 366 g/mol. The van der Waals surface area contributed by atoms with Gasteiger partial charge in [0.25, 0.3) is 5.91 Å². The number of benzene rings is 2. The third kappa shape index (κ3) is 3.95. The number of fused-ring (bicyclic) bond motifs is 1. The summed E-state index contributed by atoms with van der Waals surface area (Å²) in [4.78, 5) is 23.6. The van der Waals surface area contributed by atoms with E-state index in [0.717, 1.165) is 18.2 Å². The van der Waals surface area contributed by atoms with E-state index in [1.54, 1.807) is 18.2 Å². The average Bonchev–Trinajstić information content (AvgIpc) is 2.99. The monoisotopic (exact) mass is 365 g/mol. The lowest BCUT2D eigenvalue weighted by Gasteiger charge is -2.06. The molecule has 3 rings (SSSR count). The van der Waals surface area contributed by atoms with Crippen molar-refractivity contribution in [2.75, 3.05) is 11.9 Å². The molecule has 1 N–H and O–H groups in total. The number of anilines is 1. The lowest BCUT2D eigenvalue weighted by Crippen LogP contribution is -2.21. The minimum absolute atomic E-state index is 0.109. The highest BCUT2D eigenvalue weighted by atomic mass is 35.5. The fourth-order valence-corrected chi connectivity index (χ4v) is 2.28. The number of amides is 1. The van der Waals surface area contributed by atoms with Crippen LogP contribution in [0.25, 0.3) is 11.0 Å². The maximum Gasteiger partial charge on any atom is 0.374 e.